The fraction of sp³-hybridized carbons (Fsp3) is 0.222. The SMILES string of the molecule is C[C@H](OC(=O)CCOc1cccc(Br)c1)C(=O)Nc1cccc(F)c1. The second-order valence-electron chi connectivity index (χ2n) is 5.19. The first-order valence-electron chi connectivity index (χ1n) is 7.58. The number of esters is 1. The van der Waals surface area contributed by atoms with Crippen molar-refractivity contribution in [3.63, 3.8) is 0 Å². The molecule has 5 nitrogen and oxygen atoms in total. The van der Waals surface area contributed by atoms with E-state index in [2.05, 4.69) is 21.2 Å². The Kier molecular flexibility index (Phi) is 6.94. The van der Waals surface area contributed by atoms with Crippen LogP contribution in [-0.4, -0.2) is 24.6 Å². The van der Waals surface area contributed by atoms with Crippen LogP contribution < -0.4 is 10.1 Å². The Morgan fingerprint density at radius 3 is 2.68 bits per heavy atom. The summed E-state index contributed by atoms with van der Waals surface area (Å²) in [4.78, 5) is 23.7. The van der Waals surface area contributed by atoms with Crippen LogP contribution in [0.25, 0.3) is 0 Å². The zero-order chi connectivity index (χ0) is 18.2. The highest BCUT2D eigenvalue weighted by molar-refractivity contribution is 9.10. The average Bonchev–Trinajstić information content (AvgIpc) is 2.55. The molecule has 2 aromatic rings. The third-order valence-corrected chi connectivity index (χ3v) is 3.63. The molecule has 0 radical (unpaired) electrons. The van der Waals surface area contributed by atoms with Crippen molar-refractivity contribution in [2.75, 3.05) is 11.9 Å². The minimum absolute atomic E-state index is 0.00407. The van der Waals surface area contributed by atoms with Gasteiger partial charge in [-0.25, -0.2) is 4.39 Å². The summed E-state index contributed by atoms with van der Waals surface area (Å²) in [6.45, 7) is 1.58. The van der Waals surface area contributed by atoms with Crippen LogP contribution in [-0.2, 0) is 14.3 Å². The first-order valence-corrected chi connectivity index (χ1v) is 8.37. The Bertz CT molecular complexity index is 753. The number of carbonyl (C=O) groups excluding carboxylic acids is 2. The summed E-state index contributed by atoms with van der Waals surface area (Å²) in [6, 6.07) is 12.7. The van der Waals surface area contributed by atoms with E-state index in [1.54, 1.807) is 18.2 Å². The van der Waals surface area contributed by atoms with E-state index in [9.17, 15) is 14.0 Å². The molecule has 0 aliphatic rings. The smallest absolute Gasteiger partial charge is 0.310 e. The Hall–Kier alpha value is -2.41. The number of rotatable bonds is 7. The van der Waals surface area contributed by atoms with Gasteiger partial charge in [0.1, 0.15) is 11.6 Å². The minimum Gasteiger partial charge on any atom is -0.493 e. The Morgan fingerprint density at radius 1 is 1.20 bits per heavy atom. The molecule has 0 aliphatic heterocycles. The molecule has 7 heteroatoms. The van der Waals surface area contributed by atoms with E-state index in [0.717, 1.165) is 4.47 Å². The summed E-state index contributed by atoms with van der Waals surface area (Å²) in [7, 11) is 0. The molecular formula is C18H17BrFNO4. The molecule has 1 amide bonds. The van der Waals surface area contributed by atoms with Gasteiger partial charge in [-0.2, -0.15) is 0 Å². The average molecular weight is 410 g/mol. The van der Waals surface area contributed by atoms with Crippen LogP contribution in [0.5, 0.6) is 5.75 Å². The standard InChI is InChI=1S/C18H17BrFNO4/c1-12(18(23)21-15-6-3-5-14(20)11-15)25-17(22)8-9-24-16-7-2-4-13(19)10-16/h2-7,10-12H,8-9H2,1H3,(H,21,23)/t12-/m0/s1. The lowest BCUT2D eigenvalue weighted by atomic mass is 10.3. The highest BCUT2D eigenvalue weighted by atomic mass is 79.9. The second-order valence-corrected chi connectivity index (χ2v) is 6.10. The van der Waals surface area contributed by atoms with E-state index < -0.39 is 23.8 Å². The maximum Gasteiger partial charge on any atom is 0.310 e. The number of nitrogens with one attached hydrogen (secondary N) is 1. The first-order chi connectivity index (χ1) is 11.9. The van der Waals surface area contributed by atoms with E-state index >= 15 is 0 Å². The van der Waals surface area contributed by atoms with Gasteiger partial charge in [0, 0.05) is 10.2 Å². The van der Waals surface area contributed by atoms with Crippen LogP contribution in [0.3, 0.4) is 0 Å². The van der Waals surface area contributed by atoms with E-state index in [-0.39, 0.29) is 13.0 Å². The van der Waals surface area contributed by atoms with E-state index in [1.807, 2.05) is 12.1 Å². The van der Waals surface area contributed by atoms with Crippen molar-refractivity contribution in [2.24, 2.45) is 0 Å². The molecule has 132 valence electrons. The normalized spacial score (nSPS) is 11.5. The predicted molar refractivity (Wildman–Crippen MR) is 94.8 cm³/mol. The molecule has 2 aromatic carbocycles. The van der Waals surface area contributed by atoms with Crippen molar-refractivity contribution in [3.8, 4) is 5.75 Å². The molecule has 0 spiro atoms. The lowest BCUT2D eigenvalue weighted by molar-refractivity contribution is -0.153. The molecule has 0 saturated carbocycles. The van der Waals surface area contributed by atoms with Gasteiger partial charge in [0.05, 0.1) is 13.0 Å². The lowest BCUT2D eigenvalue weighted by Crippen LogP contribution is -2.30. The van der Waals surface area contributed by atoms with Gasteiger partial charge in [-0.3, -0.25) is 9.59 Å². The molecule has 0 aliphatic carbocycles. The summed E-state index contributed by atoms with van der Waals surface area (Å²) >= 11 is 3.32. The van der Waals surface area contributed by atoms with Crippen LogP contribution >= 0.6 is 15.9 Å². The number of anilines is 1. The molecule has 0 aromatic heterocycles. The number of hydrogen-bond donors (Lipinski definition) is 1. The third-order valence-electron chi connectivity index (χ3n) is 3.14. The monoisotopic (exact) mass is 409 g/mol. The van der Waals surface area contributed by atoms with Gasteiger partial charge in [0.2, 0.25) is 0 Å². The molecule has 0 fully saturated rings. The van der Waals surface area contributed by atoms with Crippen LogP contribution in [0, 0.1) is 5.82 Å². The van der Waals surface area contributed by atoms with Crippen LogP contribution in [0.2, 0.25) is 0 Å². The topological polar surface area (TPSA) is 64.6 Å². The number of hydrogen-bond acceptors (Lipinski definition) is 4. The minimum atomic E-state index is -0.998. The summed E-state index contributed by atoms with van der Waals surface area (Å²) < 4.78 is 24.4. The van der Waals surface area contributed by atoms with E-state index in [4.69, 9.17) is 9.47 Å². The van der Waals surface area contributed by atoms with Crippen molar-refractivity contribution in [2.45, 2.75) is 19.4 Å². The largest absolute Gasteiger partial charge is 0.493 e. The summed E-state index contributed by atoms with van der Waals surface area (Å²) in [5.74, 6) is -0.935. The Morgan fingerprint density at radius 2 is 1.96 bits per heavy atom. The van der Waals surface area contributed by atoms with Crippen molar-refractivity contribution in [1.29, 1.82) is 0 Å². The molecule has 0 unspecified atom stereocenters. The summed E-state index contributed by atoms with van der Waals surface area (Å²) in [5.41, 5.74) is 0.297. The molecule has 1 atom stereocenters. The van der Waals surface area contributed by atoms with Crippen molar-refractivity contribution >= 4 is 33.5 Å². The molecule has 1 N–H and O–H groups in total. The van der Waals surface area contributed by atoms with Gasteiger partial charge in [-0.1, -0.05) is 28.1 Å². The lowest BCUT2D eigenvalue weighted by Gasteiger charge is -2.14. The third kappa shape index (κ3) is 6.54. The van der Waals surface area contributed by atoms with Crippen LogP contribution in [0.15, 0.2) is 53.0 Å². The summed E-state index contributed by atoms with van der Waals surface area (Å²) in [6.07, 6.45) is -0.994. The summed E-state index contributed by atoms with van der Waals surface area (Å²) in [5, 5.41) is 2.48. The fourth-order valence-corrected chi connectivity index (χ4v) is 2.31. The van der Waals surface area contributed by atoms with Gasteiger partial charge in [-0.05, 0) is 43.3 Å². The maximum absolute atomic E-state index is 13.1. The van der Waals surface area contributed by atoms with Gasteiger partial charge < -0.3 is 14.8 Å². The zero-order valence-electron chi connectivity index (χ0n) is 13.5. The number of benzene rings is 2. The number of ether oxygens (including phenoxy) is 2. The van der Waals surface area contributed by atoms with E-state index in [0.29, 0.717) is 11.4 Å². The Balaban J connectivity index is 1.74. The van der Waals surface area contributed by atoms with Crippen LogP contribution in [0.4, 0.5) is 10.1 Å². The molecule has 25 heavy (non-hydrogen) atoms. The second kappa shape index (κ2) is 9.17. The highest BCUT2D eigenvalue weighted by Crippen LogP contribution is 2.18. The number of carbonyl (C=O) groups is 2. The molecular weight excluding hydrogens is 393 g/mol. The zero-order valence-corrected chi connectivity index (χ0v) is 15.1. The first kappa shape index (κ1) is 18.9. The van der Waals surface area contributed by atoms with Crippen LogP contribution in [0.1, 0.15) is 13.3 Å². The maximum atomic E-state index is 13.1. The molecule has 0 heterocycles. The fourth-order valence-electron chi connectivity index (χ4n) is 1.93. The Labute approximate surface area is 153 Å². The number of amides is 1. The molecule has 0 bridgehead atoms. The predicted octanol–water partition coefficient (Wildman–Crippen LogP) is 3.93. The van der Waals surface area contributed by atoms with Crippen molar-refractivity contribution < 1.29 is 23.5 Å². The van der Waals surface area contributed by atoms with Crippen molar-refractivity contribution in [3.05, 3.63) is 58.8 Å². The highest BCUT2D eigenvalue weighted by Gasteiger charge is 2.18. The van der Waals surface area contributed by atoms with E-state index in [1.165, 1.54) is 25.1 Å². The number of halogens is 2. The van der Waals surface area contributed by atoms with Crippen molar-refractivity contribution in [1.82, 2.24) is 0 Å². The van der Waals surface area contributed by atoms with Gasteiger partial charge >= 0.3 is 5.97 Å². The van der Waals surface area contributed by atoms with Gasteiger partial charge in [-0.15, -0.1) is 0 Å². The molecule has 0 saturated heterocycles. The molecule has 2 rings (SSSR count). The van der Waals surface area contributed by atoms with Gasteiger partial charge in [0.25, 0.3) is 5.91 Å². The quantitative estimate of drug-likeness (QED) is 0.703. The van der Waals surface area contributed by atoms with Gasteiger partial charge in [0.15, 0.2) is 6.10 Å².